The minimum Gasteiger partial charge on any atom is -0.497 e. The summed E-state index contributed by atoms with van der Waals surface area (Å²) in [5, 5.41) is 3.36. The first kappa shape index (κ1) is 13.3. The lowest BCUT2D eigenvalue weighted by Gasteiger charge is -2.08. The number of benzene rings is 1. The molecule has 0 aliphatic heterocycles. The molecule has 0 saturated carbocycles. The van der Waals surface area contributed by atoms with Crippen LogP contribution in [0.3, 0.4) is 0 Å². The van der Waals surface area contributed by atoms with Crippen LogP contribution in [0.1, 0.15) is 19.4 Å². The third-order valence-electron chi connectivity index (χ3n) is 1.87. The highest BCUT2D eigenvalue weighted by Crippen LogP contribution is 2.10. The van der Waals surface area contributed by atoms with Gasteiger partial charge in [0, 0.05) is 12.6 Å². The molecule has 0 heterocycles. The lowest BCUT2D eigenvalue weighted by molar-refractivity contribution is 0.414. The first-order valence-electron chi connectivity index (χ1n) is 4.58. The van der Waals surface area contributed by atoms with Crippen molar-refractivity contribution in [3.63, 3.8) is 0 Å². The monoisotopic (exact) mass is 215 g/mol. The first-order chi connectivity index (χ1) is 6.22. The van der Waals surface area contributed by atoms with E-state index in [1.807, 2.05) is 12.1 Å². The second kappa shape index (κ2) is 6.68. The van der Waals surface area contributed by atoms with Crippen molar-refractivity contribution in [3.05, 3.63) is 29.8 Å². The average molecular weight is 216 g/mol. The maximum Gasteiger partial charge on any atom is 0.118 e. The van der Waals surface area contributed by atoms with E-state index in [0.29, 0.717) is 6.04 Å². The molecule has 1 N–H and O–H groups in total. The van der Waals surface area contributed by atoms with Crippen LogP contribution in [0, 0.1) is 0 Å². The van der Waals surface area contributed by atoms with Gasteiger partial charge in [-0.2, -0.15) is 0 Å². The molecule has 0 aliphatic carbocycles. The summed E-state index contributed by atoms with van der Waals surface area (Å²) in [7, 11) is 1.68. The Hall–Kier alpha value is -0.730. The van der Waals surface area contributed by atoms with Crippen molar-refractivity contribution in [2.75, 3.05) is 7.11 Å². The van der Waals surface area contributed by atoms with Gasteiger partial charge in [0.15, 0.2) is 0 Å². The molecule has 2 nitrogen and oxygen atoms in total. The van der Waals surface area contributed by atoms with Gasteiger partial charge < -0.3 is 10.1 Å². The molecular weight excluding hydrogens is 198 g/mol. The minimum atomic E-state index is 0. The fraction of sp³-hybridized carbons (Fsp3) is 0.455. The van der Waals surface area contributed by atoms with Crippen molar-refractivity contribution >= 4 is 12.4 Å². The zero-order chi connectivity index (χ0) is 9.68. The van der Waals surface area contributed by atoms with E-state index in [0.717, 1.165) is 12.3 Å². The van der Waals surface area contributed by atoms with Crippen LogP contribution in [-0.4, -0.2) is 13.2 Å². The predicted molar refractivity (Wildman–Crippen MR) is 62.2 cm³/mol. The van der Waals surface area contributed by atoms with Crippen LogP contribution in [0.15, 0.2) is 24.3 Å². The molecule has 0 amide bonds. The van der Waals surface area contributed by atoms with E-state index >= 15 is 0 Å². The third-order valence-corrected chi connectivity index (χ3v) is 1.87. The Morgan fingerprint density at radius 2 is 1.79 bits per heavy atom. The lowest BCUT2D eigenvalue weighted by atomic mass is 10.2. The zero-order valence-corrected chi connectivity index (χ0v) is 9.73. The van der Waals surface area contributed by atoms with Crippen LogP contribution in [0.4, 0.5) is 0 Å². The van der Waals surface area contributed by atoms with E-state index in [-0.39, 0.29) is 12.4 Å². The summed E-state index contributed by atoms with van der Waals surface area (Å²) in [6, 6.07) is 8.65. The SMILES string of the molecule is COc1ccc(CNC(C)C)cc1.Cl. The van der Waals surface area contributed by atoms with E-state index in [1.54, 1.807) is 7.11 Å². The number of halogens is 1. The summed E-state index contributed by atoms with van der Waals surface area (Å²) < 4.78 is 5.07. The van der Waals surface area contributed by atoms with Crippen molar-refractivity contribution in [1.82, 2.24) is 5.32 Å². The van der Waals surface area contributed by atoms with Gasteiger partial charge in [-0.25, -0.2) is 0 Å². The van der Waals surface area contributed by atoms with Crippen LogP contribution in [0.2, 0.25) is 0 Å². The van der Waals surface area contributed by atoms with Crippen LogP contribution in [-0.2, 0) is 6.54 Å². The number of ether oxygens (including phenoxy) is 1. The van der Waals surface area contributed by atoms with Gasteiger partial charge in [0.05, 0.1) is 7.11 Å². The molecule has 1 aromatic carbocycles. The van der Waals surface area contributed by atoms with E-state index in [1.165, 1.54) is 5.56 Å². The predicted octanol–water partition coefficient (Wildman–Crippen LogP) is 2.62. The van der Waals surface area contributed by atoms with Gasteiger partial charge in [-0.05, 0) is 17.7 Å². The van der Waals surface area contributed by atoms with E-state index < -0.39 is 0 Å². The molecule has 14 heavy (non-hydrogen) atoms. The van der Waals surface area contributed by atoms with Crippen molar-refractivity contribution in [3.8, 4) is 5.75 Å². The molecule has 1 rings (SSSR count). The number of nitrogens with one attached hydrogen (secondary N) is 1. The molecular formula is C11H18ClNO. The molecule has 0 radical (unpaired) electrons. The van der Waals surface area contributed by atoms with E-state index in [2.05, 4.69) is 31.3 Å². The van der Waals surface area contributed by atoms with Crippen molar-refractivity contribution < 1.29 is 4.74 Å². The molecule has 0 atom stereocenters. The van der Waals surface area contributed by atoms with Gasteiger partial charge in [-0.3, -0.25) is 0 Å². The summed E-state index contributed by atoms with van der Waals surface area (Å²) >= 11 is 0. The van der Waals surface area contributed by atoms with Crippen LogP contribution >= 0.6 is 12.4 Å². The number of rotatable bonds is 4. The first-order valence-corrected chi connectivity index (χ1v) is 4.58. The van der Waals surface area contributed by atoms with Gasteiger partial charge in [-0.15, -0.1) is 12.4 Å². The minimum absolute atomic E-state index is 0. The Labute approximate surface area is 92.1 Å². The Morgan fingerprint density at radius 1 is 1.21 bits per heavy atom. The second-order valence-electron chi connectivity index (χ2n) is 3.38. The Bertz CT molecular complexity index is 246. The average Bonchev–Trinajstić information content (AvgIpc) is 2.15. The summed E-state index contributed by atoms with van der Waals surface area (Å²) in [5.41, 5.74) is 1.29. The Morgan fingerprint density at radius 3 is 2.21 bits per heavy atom. The van der Waals surface area contributed by atoms with Crippen LogP contribution in [0.25, 0.3) is 0 Å². The van der Waals surface area contributed by atoms with Gasteiger partial charge in [0.1, 0.15) is 5.75 Å². The number of methoxy groups -OCH3 is 1. The quantitative estimate of drug-likeness (QED) is 0.834. The highest BCUT2D eigenvalue weighted by atomic mass is 35.5. The maximum atomic E-state index is 5.07. The molecule has 0 saturated heterocycles. The molecule has 3 heteroatoms. The third kappa shape index (κ3) is 4.49. The summed E-state index contributed by atoms with van der Waals surface area (Å²) in [4.78, 5) is 0. The van der Waals surface area contributed by atoms with E-state index in [4.69, 9.17) is 4.74 Å². The molecule has 0 fully saturated rings. The molecule has 0 bridgehead atoms. The smallest absolute Gasteiger partial charge is 0.118 e. The van der Waals surface area contributed by atoms with Gasteiger partial charge >= 0.3 is 0 Å². The lowest BCUT2D eigenvalue weighted by Crippen LogP contribution is -2.21. The largest absolute Gasteiger partial charge is 0.497 e. The fourth-order valence-corrected chi connectivity index (χ4v) is 1.07. The van der Waals surface area contributed by atoms with Crippen LogP contribution in [0.5, 0.6) is 5.75 Å². The highest BCUT2D eigenvalue weighted by molar-refractivity contribution is 5.85. The molecule has 0 spiro atoms. The topological polar surface area (TPSA) is 21.3 Å². The summed E-state index contributed by atoms with van der Waals surface area (Å²) in [6.07, 6.45) is 0. The molecule has 0 unspecified atom stereocenters. The normalized spacial score (nSPS) is 9.71. The second-order valence-corrected chi connectivity index (χ2v) is 3.38. The Kier molecular flexibility index (Phi) is 6.34. The standard InChI is InChI=1S/C11H17NO.ClH/c1-9(2)12-8-10-4-6-11(13-3)7-5-10;/h4-7,9,12H,8H2,1-3H3;1H. The maximum absolute atomic E-state index is 5.07. The molecule has 0 aliphatic rings. The highest BCUT2D eigenvalue weighted by Gasteiger charge is 1.95. The van der Waals surface area contributed by atoms with Crippen molar-refractivity contribution in [1.29, 1.82) is 0 Å². The molecule has 1 aromatic rings. The van der Waals surface area contributed by atoms with Gasteiger partial charge in [0.2, 0.25) is 0 Å². The van der Waals surface area contributed by atoms with Gasteiger partial charge in [-0.1, -0.05) is 26.0 Å². The van der Waals surface area contributed by atoms with Crippen LogP contribution < -0.4 is 10.1 Å². The Balaban J connectivity index is 0.00000169. The summed E-state index contributed by atoms with van der Waals surface area (Å²) in [6.45, 7) is 5.20. The van der Waals surface area contributed by atoms with E-state index in [9.17, 15) is 0 Å². The summed E-state index contributed by atoms with van der Waals surface area (Å²) in [5.74, 6) is 0.910. The fourth-order valence-electron chi connectivity index (χ4n) is 1.07. The number of hydrogen-bond acceptors (Lipinski definition) is 2. The molecule has 0 aromatic heterocycles. The van der Waals surface area contributed by atoms with Crippen molar-refractivity contribution in [2.24, 2.45) is 0 Å². The molecule has 80 valence electrons. The number of hydrogen-bond donors (Lipinski definition) is 1. The van der Waals surface area contributed by atoms with Gasteiger partial charge in [0.25, 0.3) is 0 Å². The van der Waals surface area contributed by atoms with Crippen molar-refractivity contribution in [2.45, 2.75) is 26.4 Å². The zero-order valence-electron chi connectivity index (χ0n) is 8.91.